The number of carbonyl (C=O) groups is 1. The first-order valence-corrected chi connectivity index (χ1v) is 3.08. The fourth-order valence-electron chi connectivity index (χ4n) is 0.872. The van der Waals surface area contributed by atoms with Gasteiger partial charge in [-0.15, -0.1) is 5.73 Å². The summed E-state index contributed by atoms with van der Waals surface area (Å²) in [6.45, 7) is 2.82. The fraction of sp³-hybridized carbons (Fsp3) is 0.429. The van der Waals surface area contributed by atoms with Gasteiger partial charge in [0, 0.05) is 6.54 Å². The maximum absolute atomic E-state index is 10.4. The van der Waals surface area contributed by atoms with Gasteiger partial charge in [0.15, 0.2) is 0 Å². The van der Waals surface area contributed by atoms with Gasteiger partial charge in [0.2, 0.25) is 0 Å². The zero-order valence-corrected chi connectivity index (χ0v) is 5.79. The largest absolute Gasteiger partial charge is 0.465 e. The Bertz CT molecular complexity index is 214. The normalized spacial score (nSPS) is 16.9. The van der Waals surface area contributed by atoms with E-state index in [0.717, 1.165) is 5.57 Å². The summed E-state index contributed by atoms with van der Waals surface area (Å²) in [5.41, 5.74) is 3.92. The molecule has 1 rings (SSSR count). The van der Waals surface area contributed by atoms with Crippen LogP contribution in [0.3, 0.4) is 0 Å². The molecule has 1 N–H and O–H groups in total. The SMILES string of the molecule is CC1=C=CCN(C(=O)O)C1. The van der Waals surface area contributed by atoms with E-state index in [2.05, 4.69) is 5.73 Å². The van der Waals surface area contributed by atoms with Crippen molar-refractivity contribution < 1.29 is 9.90 Å². The summed E-state index contributed by atoms with van der Waals surface area (Å²) in [7, 11) is 0. The van der Waals surface area contributed by atoms with Crippen molar-refractivity contribution >= 4 is 6.09 Å². The predicted octanol–water partition coefficient (Wildman–Crippen LogP) is 1.08. The van der Waals surface area contributed by atoms with E-state index in [1.807, 2.05) is 6.92 Å². The number of hydrogen-bond acceptors (Lipinski definition) is 1. The quantitative estimate of drug-likeness (QED) is 0.510. The molecule has 1 heterocycles. The van der Waals surface area contributed by atoms with Crippen LogP contribution in [-0.4, -0.2) is 29.2 Å². The van der Waals surface area contributed by atoms with Gasteiger partial charge in [-0.25, -0.2) is 4.79 Å². The molecule has 3 nitrogen and oxygen atoms in total. The minimum Gasteiger partial charge on any atom is -0.465 e. The van der Waals surface area contributed by atoms with E-state index in [0.29, 0.717) is 13.1 Å². The molecule has 0 bridgehead atoms. The third-order valence-electron chi connectivity index (χ3n) is 1.36. The van der Waals surface area contributed by atoms with Crippen LogP contribution in [0.15, 0.2) is 17.4 Å². The summed E-state index contributed by atoms with van der Waals surface area (Å²) in [5.74, 6) is 0. The number of amides is 1. The number of hydrogen-bond donors (Lipinski definition) is 1. The van der Waals surface area contributed by atoms with Gasteiger partial charge in [0.25, 0.3) is 0 Å². The molecule has 0 saturated heterocycles. The van der Waals surface area contributed by atoms with Crippen LogP contribution in [0.2, 0.25) is 0 Å². The van der Waals surface area contributed by atoms with Gasteiger partial charge in [-0.05, 0) is 18.6 Å². The second kappa shape index (κ2) is 2.58. The van der Waals surface area contributed by atoms with E-state index in [9.17, 15) is 4.79 Å². The zero-order valence-electron chi connectivity index (χ0n) is 5.79. The lowest BCUT2D eigenvalue weighted by Gasteiger charge is -2.18. The third-order valence-corrected chi connectivity index (χ3v) is 1.36. The van der Waals surface area contributed by atoms with E-state index in [1.165, 1.54) is 4.90 Å². The molecule has 3 heteroatoms. The summed E-state index contributed by atoms with van der Waals surface area (Å²) in [5, 5.41) is 8.52. The molecule has 0 unspecified atom stereocenters. The summed E-state index contributed by atoms with van der Waals surface area (Å²) in [6.07, 6.45) is 0.865. The predicted molar refractivity (Wildman–Crippen MR) is 36.9 cm³/mol. The van der Waals surface area contributed by atoms with Crippen molar-refractivity contribution in [3.8, 4) is 0 Å². The van der Waals surface area contributed by atoms with Gasteiger partial charge in [-0.2, -0.15) is 0 Å². The second-order valence-corrected chi connectivity index (χ2v) is 2.29. The van der Waals surface area contributed by atoms with Crippen molar-refractivity contribution in [3.63, 3.8) is 0 Å². The van der Waals surface area contributed by atoms with Crippen LogP contribution in [-0.2, 0) is 0 Å². The molecule has 0 aromatic carbocycles. The molecule has 0 aromatic heterocycles. The van der Waals surface area contributed by atoms with Crippen LogP contribution in [0.4, 0.5) is 4.79 Å². The Hall–Kier alpha value is -1.21. The van der Waals surface area contributed by atoms with Gasteiger partial charge in [0.1, 0.15) is 0 Å². The lowest BCUT2D eigenvalue weighted by Crippen LogP contribution is -2.32. The van der Waals surface area contributed by atoms with Crippen LogP contribution in [0.1, 0.15) is 6.92 Å². The van der Waals surface area contributed by atoms with E-state index in [4.69, 9.17) is 5.11 Å². The first-order valence-electron chi connectivity index (χ1n) is 3.08. The van der Waals surface area contributed by atoms with Crippen molar-refractivity contribution in [2.45, 2.75) is 6.92 Å². The zero-order chi connectivity index (χ0) is 7.56. The monoisotopic (exact) mass is 139 g/mol. The molecule has 0 radical (unpaired) electrons. The van der Waals surface area contributed by atoms with Gasteiger partial charge in [-0.3, -0.25) is 4.90 Å². The molecule has 0 saturated carbocycles. The topological polar surface area (TPSA) is 40.5 Å². The Morgan fingerprint density at radius 3 is 3.00 bits per heavy atom. The third kappa shape index (κ3) is 1.39. The minimum atomic E-state index is -0.864. The van der Waals surface area contributed by atoms with Gasteiger partial charge < -0.3 is 5.11 Å². The van der Waals surface area contributed by atoms with Crippen molar-refractivity contribution in [1.82, 2.24) is 4.90 Å². The average molecular weight is 139 g/mol. The highest BCUT2D eigenvalue weighted by molar-refractivity contribution is 5.65. The maximum Gasteiger partial charge on any atom is 0.407 e. The van der Waals surface area contributed by atoms with Crippen molar-refractivity contribution in [2.75, 3.05) is 13.1 Å². The molecule has 0 spiro atoms. The van der Waals surface area contributed by atoms with Gasteiger partial charge in [0.05, 0.1) is 6.54 Å². The smallest absolute Gasteiger partial charge is 0.407 e. The highest BCUT2D eigenvalue weighted by Crippen LogP contribution is 2.01. The van der Waals surface area contributed by atoms with Crippen molar-refractivity contribution in [1.29, 1.82) is 0 Å². The van der Waals surface area contributed by atoms with Gasteiger partial charge in [-0.1, -0.05) is 0 Å². The molecule has 0 aromatic rings. The first kappa shape index (κ1) is 6.90. The van der Waals surface area contributed by atoms with E-state index >= 15 is 0 Å². The first-order chi connectivity index (χ1) is 4.70. The van der Waals surface area contributed by atoms with Gasteiger partial charge >= 0.3 is 6.09 Å². The molecule has 1 aliphatic heterocycles. The van der Waals surface area contributed by atoms with Crippen LogP contribution in [0, 0.1) is 0 Å². The highest BCUT2D eigenvalue weighted by Gasteiger charge is 2.11. The molecule has 1 aliphatic rings. The molecule has 0 fully saturated rings. The Kier molecular flexibility index (Phi) is 1.78. The Labute approximate surface area is 59.3 Å². The van der Waals surface area contributed by atoms with Crippen molar-refractivity contribution in [2.24, 2.45) is 0 Å². The summed E-state index contributed by atoms with van der Waals surface area (Å²) < 4.78 is 0. The molecular formula is C7H9NO2. The lowest BCUT2D eigenvalue weighted by molar-refractivity contribution is 0.153. The summed E-state index contributed by atoms with van der Waals surface area (Å²) in [4.78, 5) is 11.7. The maximum atomic E-state index is 10.4. The molecule has 1 amide bonds. The Balaban J connectivity index is 2.62. The second-order valence-electron chi connectivity index (χ2n) is 2.29. The molecule has 10 heavy (non-hydrogen) atoms. The molecule has 0 aliphatic carbocycles. The molecule has 0 atom stereocenters. The average Bonchev–Trinajstić information content (AvgIpc) is 1.88. The summed E-state index contributed by atoms with van der Waals surface area (Å²) in [6, 6.07) is 0. The Morgan fingerprint density at radius 1 is 1.90 bits per heavy atom. The van der Waals surface area contributed by atoms with Crippen LogP contribution in [0.5, 0.6) is 0 Å². The fourth-order valence-corrected chi connectivity index (χ4v) is 0.872. The number of rotatable bonds is 0. The van der Waals surface area contributed by atoms with Crippen molar-refractivity contribution in [3.05, 3.63) is 17.4 Å². The molecule has 54 valence electrons. The number of nitrogens with zero attached hydrogens (tertiary/aromatic N) is 1. The summed E-state index contributed by atoms with van der Waals surface area (Å²) >= 11 is 0. The van der Waals surface area contributed by atoms with Crippen LogP contribution < -0.4 is 0 Å². The Morgan fingerprint density at radius 2 is 2.60 bits per heavy atom. The standard InChI is InChI=1S/C7H9NO2/c1-6-3-2-4-8(5-6)7(9)10/h2H,4-5H2,1H3,(H,9,10). The van der Waals surface area contributed by atoms with E-state index < -0.39 is 6.09 Å². The number of carboxylic acid groups (broad SMARTS) is 1. The van der Waals surface area contributed by atoms with Crippen LogP contribution >= 0.6 is 0 Å². The lowest BCUT2D eigenvalue weighted by atomic mass is 10.2. The van der Waals surface area contributed by atoms with E-state index in [-0.39, 0.29) is 0 Å². The minimum absolute atomic E-state index is 0.465. The molecular weight excluding hydrogens is 130 g/mol. The highest BCUT2D eigenvalue weighted by atomic mass is 16.4. The van der Waals surface area contributed by atoms with E-state index in [1.54, 1.807) is 6.08 Å². The van der Waals surface area contributed by atoms with Crippen LogP contribution in [0.25, 0.3) is 0 Å².